The molecule has 0 saturated heterocycles. The lowest BCUT2D eigenvalue weighted by atomic mass is 10.3. The number of aliphatic hydroxyl groups is 2. The highest BCUT2D eigenvalue weighted by Gasteiger charge is 1.88. The van der Waals surface area contributed by atoms with Gasteiger partial charge >= 0.3 is 23.9 Å². The van der Waals surface area contributed by atoms with E-state index in [2.05, 4.69) is 0 Å². The molecule has 0 aliphatic carbocycles. The number of carbonyl (C=O) groups is 4. The van der Waals surface area contributed by atoms with Crippen LogP contribution in [0.2, 0.25) is 0 Å². The molecule has 126 valence electrons. The van der Waals surface area contributed by atoms with Crippen molar-refractivity contribution >= 4 is 23.9 Å². The van der Waals surface area contributed by atoms with E-state index in [9.17, 15) is 19.2 Å². The maximum atomic E-state index is 9.55. The van der Waals surface area contributed by atoms with E-state index in [-0.39, 0.29) is 13.2 Å². The number of aliphatic hydroxyl groups excluding tert-OH is 2. The summed E-state index contributed by atoms with van der Waals surface area (Å²) in [7, 11) is 0. The van der Waals surface area contributed by atoms with Gasteiger partial charge in [-0.3, -0.25) is 0 Å². The van der Waals surface area contributed by atoms with Crippen molar-refractivity contribution in [2.75, 3.05) is 13.2 Å². The number of hydrogen-bond acceptors (Lipinski definition) is 6. The van der Waals surface area contributed by atoms with Crippen LogP contribution in [0.15, 0.2) is 24.3 Å². The second-order valence-electron chi connectivity index (χ2n) is 3.17. The first-order chi connectivity index (χ1) is 10.2. The average molecular weight is 322 g/mol. The molecule has 0 rings (SSSR count). The Labute approximate surface area is 125 Å². The van der Waals surface area contributed by atoms with Gasteiger partial charge in [0, 0.05) is 37.5 Å². The van der Waals surface area contributed by atoms with Crippen LogP contribution in [-0.4, -0.2) is 67.7 Å². The lowest BCUT2D eigenvalue weighted by Crippen LogP contribution is -1.91. The molecular weight excluding hydrogens is 304 g/mol. The van der Waals surface area contributed by atoms with Gasteiger partial charge < -0.3 is 30.6 Å². The smallest absolute Gasteiger partial charge is 0.328 e. The first-order valence-corrected chi connectivity index (χ1v) is 5.66. The Morgan fingerprint density at radius 3 is 0.818 bits per heavy atom. The third-order valence-corrected chi connectivity index (χ3v) is 1.30. The Morgan fingerprint density at radius 1 is 0.545 bits per heavy atom. The van der Waals surface area contributed by atoms with Gasteiger partial charge in [-0.1, -0.05) is 0 Å². The molecule has 0 aliphatic rings. The van der Waals surface area contributed by atoms with Crippen LogP contribution in [0.4, 0.5) is 0 Å². The zero-order chi connectivity index (χ0) is 18.0. The molecule has 6 N–H and O–H groups in total. The molecule has 0 aliphatic heterocycles. The van der Waals surface area contributed by atoms with Gasteiger partial charge in [0.25, 0.3) is 0 Å². The van der Waals surface area contributed by atoms with E-state index in [1.807, 2.05) is 0 Å². The minimum absolute atomic E-state index is 0.195. The first kappa shape index (κ1) is 24.3. The number of carboxylic acid groups (broad SMARTS) is 4. The van der Waals surface area contributed by atoms with E-state index >= 15 is 0 Å². The Morgan fingerprint density at radius 2 is 0.727 bits per heavy atom. The van der Waals surface area contributed by atoms with Gasteiger partial charge in [0.1, 0.15) is 0 Å². The summed E-state index contributed by atoms with van der Waals surface area (Å²) in [5.41, 5.74) is 0. The highest BCUT2D eigenvalue weighted by molar-refractivity contribution is 5.90. The summed E-state index contributed by atoms with van der Waals surface area (Å²) in [5.74, 6) is -5.03. The lowest BCUT2D eigenvalue weighted by Gasteiger charge is -1.85. The van der Waals surface area contributed by atoms with E-state index in [0.29, 0.717) is 24.3 Å². The standard InChI is InChI=1S/2C4H4O4.C4H10O2/c2*5-3(6)1-2-4(7)8;5-3-1-2-4-6/h2*1-2H,(H,5,6)(H,7,8);5-6H,1-4H2/b2*2-1+;. The molecule has 10 nitrogen and oxygen atoms in total. The van der Waals surface area contributed by atoms with Crippen molar-refractivity contribution < 1.29 is 49.8 Å². The number of carboxylic acids is 4. The summed E-state index contributed by atoms with van der Waals surface area (Å²) in [4.78, 5) is 38.2. The number of hydrogen-bond donors (Lipinski definition) is 6. The van der Waals surface area contributed by atoms with Crippen LogP contribution < -0.4 is 0 Å². The predicted octanol–water partition coefficient (Wildman–Crippen LogP) is -0.825. The second-order valence-corrected chi connectivity index (χ2v) is 3.17. The molecular formula is C12H18O10. The molecule has 0 aromatic heterocycles. The van der Waals surface area contributed by atoms with Gasteiger partial charge in [-0.05, 0) is 12.8 Å². The van der Waals surface area contributed by atoms with Crippen LogP contribution in [0.1, 0.15) is 12.8 Å². The van der Waals surface area contributed by atoms with E-state index in [1.165, 1.54) is 0 Å². The van der Waals surface area contributed by atoms with E-state index < -0.39 is 23.9 Å². The zero-order valence-electron chi connectivity index (χ0n) is 11.5. The molecule has 0 unspecified atom stereocenters. The molecule has 0 radical (unpaired) electrons. The summed E-state index contributed by atoms with van der Waals surface area (Å²) in [6.07, 6.45) is 3.67. The third kappa shape index (κ3) is 43.3. The summed E-state index contributed by atoms with van der Waals surface area (Å²) >= 11 is 0. The maximum absolute atomic E-state index is 9.55. The number of aliphatic carboxylic acids is 4. The van der Waals surface area contributed by atoms with E-state index in [0.717, 1.165) is 12.8 Å². The van der Waals surface area contributed by atoms with Crippen LogP contribution in [-0.2, 0) is 19.2 Å². The SMILES string of the molecule is O=C(O)/C=C/C(=O)O.O=C(O)/C=C/C(=O)O.OCCCCO. The summed E-state index contributed by atoms with van der Waals surface area (Å²) in [6, 6.07) is 0. The minimum atomic E-state index is -1.26. The topological polar surface area (TPSA) is 190 Å². The molecule has 0 saturated carbocycles. The molecule has 22 heavy (non-hydrogen) atoms. The van der Waals surface area contributed by atoms with Crippen LogP contribution in [0.25, 0.3) is 0 Å². The van der Waals surface area contributed by atoms with Gasteiger partial charge in [0.05, 0.1) is 0 Å². The van der Waals surface area contributed by atoms with Gasteiger partial charge in [-0.15, -0.1) is 0 Å². The molecule has 0 heterocycles. The summed E-state index contributed by atoms with van der Waals surface area (Å²) in [5, 5.41) is 47.4. The minimum Gasteiger partial charge on any atom is -0.478 e. The van der Waals surface area contributed by atoms with Gasteiger partial charge in [0.2, 0.25) is 0 Å². The maximum Gasteiger partial charge on any atom is 0.328 e. The number of unbranched alkanes of at least 4 members (excludes halogenated alkanes) is 1. The molecule has 0 amide bonds. The van der Waals surface area contributed by atoms with Crippen molar-refractivity contribution in [3.63, 3.8) is 0 Å². The summed E-state index contributed by atoms with van der Waals surface area (Å²) < 4.78 is 0. The quantitative estimate of drug-likeness (QED) is 0.255. The summed E-state index contributed by atoms with van der Waals surface area (Å²) in [6.45, 7) is 0.390. The normalized spacial score (nSPS) is 9.36. The van der Waals surface area contributed by atoms with E-state index in [4.69, 9.17) is 30.6 Å². The van der Waals surface area contributed by atoms with Crippen molar-refractivity contribution in [1.82, 2.24) is 0 Å². The molecule has 0 spiro atoms. The molecule has 0 atom stereocenters. The van der Waals surface area contributed by atoms with Crippen LogP contribution in [0.3, 0.4) is 0 Å². The zero-order valence-corrected chi connectivity index (χ0v) is 11.5. The molecule has 0 fully saturated rings. The molecule has 10 heteroatoms. The van der Waals surface area contributed by atoms with Crippen molar-refractivity contribution in [3.8, 4) is 0 Å². The van der Waals surface area contributed by atoms with Crippen molar-refractivity contribution in [2.24, 2.45) is 0 Å². The average Bonchev–Trinajstić information content (AvgIpc) is 2.42. The second kappa shape index (κ2) is 18.3. The fourth-order valence-corrected chi connectivity index (χ4v) is 0.509. The fraction of sp³-hybridized carbons (Fsp3) is 0.333. The predicted molar refractivity (Wildman–Crippen MR) is 72.2 cm³/mol. The fourth-order valence-electron chi connectivity index (χ4n) is 0.509. The van der Waals surface area contributed by atoms with Crippen molar-refractivity contribution in [2.45, 2.75) is 12.8 Å². The van der Waals surface area contributed by atoms with Crippen LogP contribution in [0.5, 0.6) is 0 Å². The Bertz CT molecular complexity index is 327. The van der Waals surface area contributed by atoms with Gasteiger partial charge in [-0.25, -0.2) is 19.2 Å². The molecule has 0 aromatic carbocycles. The largest absolute Gasteiger partial charge is 0.478 e. The third-order valence-electron chi connectivity index (χ3n) is 1.30. The van der Waals surface area contributed by atoms with Crippen molar-refractivity contribution in [1.29, 1.82) is 0 Å². The molecule has 0 bridgehead atoms. The van der Waals surface area contributed by atoms with Crippen LogP contribution in [0, 0.1) is 0 Å². The number of rotatable bonds is 7. The van der Waals surface area contributed by atoms with Crippen molar-refractivity contribution in [3.05, 3.63) is 24.3 Å². The highest BCUT2D eigenvalue weighted by Crippen LogP contribution is 1.80. The first-order valence-electron chi connectivity index (χ1n) is 5.66. The Balaban J connectivity index is -0.000000249. The highest BCUT2D eigenvalue weighted by atomic mass is 16.4. The molecule has 0 aromatic rings. The lowest BCUT2D eigenvalue weighted by molar-refractivity contribution is -0.134. The Kier molecular flexibility index (Phi) is 20.2. The van der Waals surface area contributed by atoms with Gasteiger partial charge in [0.15, 0.2) is 0 Å². The monoisotopic (exact) mass is 322 g/mol. The Hall–Kier alpha value is -2.72. The van der Waals surface area contributed by atoms with E-state index in [1.54, 1.807) is 0 Å². The van der Waals surface area contributed by atoms with Gasteiger partial charge in [-0.2, -0.15) is 0 Å². The van der Waals surface area contributed by atoms with Crippen LogP contribution >= 0.6 is 0 Å².